The van der Waals surface area contributed by atoms with Gasteiger partial charge < -0.3 is 18.9 Å². The van der Waals surface area contributed by atoms with Crippen molar-refractivity contribution in [2.45, 2.75) is 5.38 Å². The minimum atomic E-state index is -1.58. The second-order valence-corrected chi connectivity index (χ2v) is 6.76. The number of hydrogen-bond donors (Lipinski definition) is 0. The molecule has 0 amide bonds. The number of hydrogen-bond acceptors (Lipinski definition) is 8. The summed E-state index contributed by atoms with van der Waals surface area (Å²) in [7, 11) is 4.62. The van der Waals surface area contributed by atoms with Gasteiger partial charge in [0.1, 0.15) is 0 Å². The monoisotopic (exact) mass is 360 g/mol. The molecule has 0 aliphatic heterocycles. The van der Waals surface area contributed by atoms with Crippen LogP contribution in [-0.4, -0.2) is 57.7 Å². The van der Waals surface area contributed by atoms with Crippen LogP contribution in [0.4, 0.5) is 0 Å². The van der Waals surface area contributed by atoms with Gasteiger partial charge in [0.25, 0.3) is 0 Å². The number of fused-ring (bicyclic) bond motifs is 3. The fourth-order valence-electron chi connectivity index (χ4n) is 4.95. The van der Waals surface area contributed by atoms with Gasteiger partial charge in [0.2, 0.25) is 0 Å². The third kappa shape index (κ3) is 1.51. The van der Waals surface area contributed by atoms with E-state index < -0.39 is 63.8 Å². The molecule has 8 nitrogen and oxygen atoms in total. The first-order valence-corrected chi connectivity index (χ1v) is 7.74. The van der Waals surface area contributed by atoms with Gasteiger partial charge in [-0.05, 0) is 11.8 Å². The summed E-state index contributed by atoms with van der Waals surface area (Å²) in [5.74, 6) is -5.43. The summed E-state index contributed by atoms with van der Waals surface area (Å²) in [6.07, 6.45) is 0. The van der Waals surface area contributed by atoms with Crippen LogP contribution in [0.5, 0.6) is 0 Å². The minimum Gasteiger partial charge on any atom is -0.468 e. The largest absolute Gasteiger partial charge is 0.468 e. The summed E-state index contributed by atoms with van der Waals surface area (Å²) in [6, 6.07) is 0. The molecule has 3 aliphatic rings. The van der Waals surface area contributed by atoms with Crippen molar-refractivity contribution >= 4 is 35.5 Å². The Hall–Kier alpha value is -1.83. The molecule has 0 bridgehead atoms. The van der Waals surface area contributed by atoms with Crippen LogP contribution in [0, 0.1) is 34.5 Å². The van der Waals surface area contributed by atoms with Crippen molar-refractivity contribution in [1.29, 1.82) is 0 Å². The molecule has 24 heavy (non-hydrogen) atoms. The molecule has 0 radical (unpaired) electrons. The Labute approximate surface area is 142 Å². The smallest absolute Gasteiger partial charge is 0.323 e. The standard InChI is InChI=1S/C15H17ClO8/c1-21-10(17)14(11(18)22-2)5-6-8(9(16)7(5)14)15(6,12(19)23-3)13(20)24-4/h5-9H,1-4H3. The zero-order valence-corrected chi connectivity index (χ0v) is 14.3. The lowest BCUT2D eigenvalue weighted by Crippen LogP contribution is -2.35. The molecule has 0 spiro atoms. The van der Waals surface area contributed by atoms with E-state index in [1.807, 2.05) is 0 Å². The molecule has 4 unspecified atom stereocenters. The van der Waals surface area contributed by atoms with Gasteiger partial charge in [-0.3, -0.25) is 19.2 Å². The number of halogens is 1. The Kier molecular flexibility index (Phi) is 3.60. The van der Waals surface area contributed by atoms with Crippen LogP contribution in [0.1, 0.15) is 0 Å². The fraction of sp³-hybridized carbons (Fsp3) is 0.733. The van der Waals surface area contributed by atoms with E-state index >= 15 is 0 Å². The van der Waals surface area contributed by atoms with Crippen molar-refractivity contribution in [3.05, 3.63) is 0 Å². The molecule has 3 aliphatic carbocycles. The maximum atomic E-state index is 12.3. The van der Waals surface area contributed by atoms with Crippen molar-refractivity contribution < 1.29 is 38.1 Å². The maximum Gasteiger partial charge on any atom is 0.323 e. The molecule has 0 aromatic rings. The summed E-state index contributed by atoms with van der Waals surface area (Å²) in [5, 5.41) is -0.753. The molecule has 132 valence electrons. The maximum absolute atomic E-state index is 12.3. The Bertz CT molecular complexity index is 557. The van der Waals surface area contributed by atoms with Crippen molar-refractivity contribution in [3.8, 4) is 0 Å². The van der Waals surface area contributed by atoms with E-state index in [1.54, 1.807) is 0 Å². The van der Waals surface area contributed by atoms with Crippen LogP contribution in [-0.2, 0) is 38.1 Å². The molecule has 3 saturated carbocycles. The number of esters is 4. The second kappa shape index (κ2) is 5.08. The van der Waals surface area contributed by atoms with Crippen LogP contribution in [0.2, 0.25) is 0 Å². The number of ether oxygens (including phenoxy) is 4. The third-order valence-electron chi connectivity index (χ3n) is 5.82. The van der Waals surface area contributed by atoms with E-state index in [4.69, 9.17) is 30.5 Å². The van der Waals surface area contributed by atoms with Gasteiger partial charge >= 0.3 is 23.9 Å². The highest BCUT2D eigenvalue weighted by Crippen LogP contribution is 2.86. The average Bonchev–Trinajstić information content (AvgIpc) is 3.44. The van der Waals surface area contributed by atoms with Gasteiger partial charge in [-0.25, -0.2) is 0 Å². The van der Waals surface area contributed by atoms with Gasteiger partial charge in [-0.1, -0.05) is 0 Å². The Balaban J connectivity index is 2.04. The molecular weight excluding hydrogens is 344 g/mol. The highest BCUT2D eigenvalue weighted by Gasteiger charge is 2.97. The zero-order valence-electron chi connectivity index (χ0n) is 13.5. The quantitative estimate of drug-likeness (QED) is 0.293. The number of carbonyl (C=O) groups is 4. The summed E-state index contributed by atoms with van der Waals surface area (Å²) in [6.45, 7) is 0. The molecular formula is C15H17ClO8. The van der Waals surface area contributed by atoms with Gasteiger partial charge in [0, 0.05) is 17.2 Å². The van der Waals surface area contributed by atoms with Crippen molar-refractivity contribution in [3.63, 3.8) is 0 Å². The molecule has 9 heteroatoms. The molecule has 0 N–H and O–H groups in total. The van der Waals surface area contributed by atoms with E-state index in [0.717, 1.165) is 28.4 Å². The van der Waals surface area contributed by atoms with Gasteiger partial charge in [0.05, 0.1) is 28.4 Å². The first-order valence-electron chi connectivity index (χ1n) is 7.31. The number of rotatable bonds is 4. The van der Waals surface area contributed by atoms with Gasteiger partial charge in [-0.2, -0.15) is 0 Å². The molecule has 0 heterocycles. The Morgan fingerprint density at radius 2 is 0.875 bits per heavy atom. The van der Waals surface area contributed by atoms with Crippen LogP contribution in [0.3, 0.4) is 0 Å². The van der Waals surface area contributed by atoms with E-state index in [2.05, 4.69) is 0 Å². The molecule has 0 aromatic carbocycles. The predicted octanol–water partition coefficient (Wildman–Crippen LogP) is -0.236. The number of methoxy groups -OCH3 is 4. The van der Waals surface area contributed by atoms with Crippen molar-refractivity contribution in [2.75, 3.05) is 28.4 Å². The first kappa shape index (κ1) is 17.0. The SMILES string of the molecule is COC(=O)C1(C(=O)OC)C2C(Cl)C3C(C21)C3(C(=O)OC)C(=O)OC. The third-order valence-corrected chi connectivity index (χ3v) is 6.37. The Morgan fingerprint density at radius 3 is 1.08 bits per heavy atom. The van der Waals surface area contributed by atoms with E-state index in [0.29, 0.717) is 0 Å². The minimum absolute atomic E-state index is 0.545. The topological polar surface area (TPSA) is 105 Å². The molecule has 0 aromatic heterocycles. The Morgan fingerprint density at radius 1 is 0.625 bits per heavy atom. The average molecular weight is 361 g/mol. The highest BCUT2D eigenvalue weighted by atomic mass is 35.5. The van der Waals surface area contributed by atoms with Crippen LogP contribution in [0.15, 0.2) is 0 Å². The van der Waals surface area contributed by atoms with E-state index in [1.165, 1.54) is 0 Å². The first-order chi connectivity index (χ1) is 11.3. The number of alkyl halides is 1. The van der Waals surface area contributed by atoms with Gasteiger partial charge in [-0.15, -0.1) is 11.6 Å². The normalized spacial score (nSPS) is 35.8. The summed E-state index contributed by atoms with van der Waals surface area (Å²) in [5.41, 5.74) is -3.16. The summed E-state index contributed by atoms with van der Waals surface area (Å²) >= 11 is 6.44. The molecule has 4 atom stereocenters. The lowest BCUT2D eigenvalue weighted by molar-refractivity contribution is -0.166. The van der Waals surface area contributed by atoms with E-state index in [9.17, 15) is 19.2 Å². The van der Waals surface area contributed by atoms with Crippen LogP contribution in [0.25, 0.3) is 0 Å². The van der Waals surface area contributed by atoms with Gasteiger partial charge in [0.15, 0.2) is 10.8 Å². The van der Waals surface area contributed by atoms with E-state index in [-0.39, 0.29) is 0 Å². The predicted molar refractivity (Wildman–Crippen MR) is 76.5 cm³/mol. The molecule has 3 fully saturated rings. The van der Waals surface area contributed by atoms with Crippen molar-refractivity contribution in [2.24, 2.45) is 34.5 Å². The summed E-state index contributed by atoms with van der Waals surface area (Å²) in [4.78, 5) is 49.2. The summed E-state index contributed by atoms with van der Waals surface area (Å²) < 4.78 is 19.1. The second-order valence-electron chi connectivity index (χ2n) is 6.25. The fourth-order valence-corrected chi connectivity index (χ4v) is 5.66. The number of carbonyl (C=O) groups excluding carboxylic acids is 4. The van der Waals surface area contributed by atoms with Crippen molar-refractivity contribution in [1.82, 2.24) is 0 Å². The lowest BCUT2D eigenvalue weighted by Gasteiger charge is -2.18. The van der Waals surface area contributed by atoms with Crippen LogP contribution >= 0.6 is 11.6 Å². The molecule has 0 saturated heterocycles. The lowest BCUT2D eigenvalue weighted by atomic mass is 9.95. The highest BCUT2D eigenvalue weighted by molar-refractivity contribution is 6.25. The zero-order chi connectivity index (χ0) is 18.0. The molecule has 3 rings (SSSR count). The van der Waals surface area contributed by atoms with Crippen LogP contribution < -0.4 is 0 Å².